The van der Waals surface area contributed by atoms with E-state index in [-0.39, 0.29) is 11.4 Å². The van der Waals surface area contributed by atoms with Crippen LogP contribution in [0.1, 0.15) is 10.4 Å². The summed E-state index contributed by atoms with van der Waals surface area (Å²) in [6.45, 7) is -0.474. The van der Waals surface area contributed by atoms with E-state index in [1.807, 2.05) is 0 Å². The van der Waals surface area contributed by atoms with E-state index >= 15 is 0 Å². The summed E-state index contributed by atoms with van der Waals surface area (Å²) in [5, 5.41) is 4.64. The number of methoxy groups -OCH3 is 2. The molecule has 0 atom stereocenters. The molecule has 0 radical (unpaired) electrons. The molecule has 1 amide bonds. The first kappa shape index (κ1) is 20.3. The molecule has 1 heterocycles. The third-order valence-electron chi connectivity index (χ3n) is 3.84. The maximum Gasteiger partial charge on any atom is 0.338 e. The van der Waals surface area contributed by atoms with Gasteiger partial charge >= 0.3 is 5.97 Å². The molecule has 0 saturated heterocycles. The highest BCUT2D eigenvalue weighted by Gasteiger charge is 2.15. The second-order valence-corrected chi connectivity index (χ2v) is 6.60. The first-order valence-corrected chi connectivity index (χ1v) is 9.28. The van der Waals surface area contributed by atoms with Gasteiger partial charge in [-0.2, -0.15) is 0 Å². The van der Waals surface area contributed by atoms with E-state index in [1.54, 1.807) is 23.6 Å². The Kier molecular flexibility index (Phi) is 6.40. The summed E-state index contributed by atoms with van der Waals surface area (Å²) in [5.74, 6) is -0.690. The summed E-state index contributed by atoms with van der Waals surface area (Å²) in [4.78, 5) is 28.5. The number of hydrogen-bond acceptors (Lipinski definition) is 7. The van der Waals surface area contributed by atoms with Gasteiger partial charge in [-0.25, -0.2) is 14.2 Å². The SMILES string of the molecule is COc1ccc(C(=O)OCC(=O)Nc2nc(-c3ccc(F)cc3)cs2)cc1OC. The van der Waals surface area contributed by atoms with Gasteiger partial charge in [0.25, 0.3) is 5.91 Å². The molecule has 3 aromatic rings. The highest BCUT2D eigenvalue weighted by Crippen LogP contribution is 2.28. The summed E-state index contributed by atoms with van der Waals surface area (Å²) in [5.41, 5.74) is 1.55. The highest BCUT2D eigenvalue weighted by atomic mass is 32.1. The number of thiazole rings is 1. The van der Waals surface area contributed by atoms with Gasteiger partial charge in [-0.15, -0.1) is 11.3 Å². The van der Waals surface area contributed by atoms with Crippen LogP contribution < -0.4 is 14.8 Å². The fourth-order valence-corrected chi connectivity index (χ4v) is 3.15. The van der Waals surface area contributed by atoms with E-state index in [0.29, 0.717) is 22.3 Å². The lowest BCUT2D eigenvalue weighted by Gasteiger charge is -2.09. The van der Waals surface area contributed by atoms with Gasteiger partial charge < -0.3 is 14.2 Å². The van der Waals surface area contributed by atoms with Gasteiger partial charge in [-0.3, -0.25) is 10.1 Å². The van der Waals surface area contributed by atoms with Crippen molar-refractivity contribution < 1.29 is 28.2 Å². The quantitative estimate of drug-likeness (QED) is 0.590. The lowest BCUT2D eigenvalue weighted by atomic mass is 10.2. The molecule has 0 unspecified atom stereocenters. The van der Waals surface area contributed by atoms with Crippen molar-refractivity contribution in [1.82, 2.24) is 4.98 Å². The number of amides is 1. The van der Waals surface area contributed by atoms with Crippen LogP contribution in [0.5, 0.6) is 11.5 Å². The summed E-state index contributed by atoms with van der Waals surface area (Å²) in [6, 6.07) is 10.4. The molecule has 1 aromatic heterocycles. The Hall–Kier alpha value is -3.46. The van der Waals surface area contributed by atoms with Crippen molar-refractivity contribution in [2.75, 3.05) is 26.1 Å². The molecule has 0 saturated carbocycles. The van der Waals surface area contributed by atoms with E-state index in [9.17, 15) is 14.0 Å². The number of nitrogens with zero attached hydrogens (tertiary/aromatic N) is 1. The fraction of sp³-hybridized carbons (Fsp3) is 0.150. The van der Waals surface area contributed by atoms with Crippen LogP contribution in [0.2, 0.25) is 0 Å². The molecule has 9 heteroatoms. The van der Waals surface area contributed by atoms with Crippen LogP contribution in [0.4, 0.5) is 9.52 Å². The van der Waals surface area contributed by atoms with Crippen LogP contribution in [-0.4, -0.2) is 37.7 Å². The lowest BCUT2D eigenvalue weighted by Crippen LogP contribution is -2.20. The molecule has 1 N–H and O–H groups in total. The second kappa shape index (κ2) is 9.16. The zero-order valence-corrected chi connectivity index (χ0v) is 16.4. The minimum absolute atomic E-state index is 0.225. The summed E-state index contributed by atoms with van der Waals surface area (Å²) >= 11 is 1.21. The number of carbonyl (C=O) groups is 2. The molecular weight excluding hydrogens is 399 g/mol. The maximum atomic E-state index is 13.0. The van der Waals surface area contributed by atoms with E-state index in [4.69, 9.17) is 14.2 Å². The Morgan fingerprint density at radius 2 is 1.79 bits per heavy atom. The van der Waals surface area contributed by atoms with E-state index in [0.717, 1.165) is 5.56 Å². The van der Waals surface area contributed by atoms with Crippen LogP contribution in [-0.2, 0) is 9.53 Å². The number of anilines is 1. The molecular formula is C20H17FN2O5S. The van der Waals surface area contributed by atoms with Crippen LogP contribution in [0.3, 0.4) is 0 Å². The van der Waals surface area contributed by atoms with Crippen LogP contribution >= 0.6 is 11.3 Å². The average molecular weight is 416 g/mol. The van der Waals surface area contributed by atoms with E-state index < -0.39 is 18.5 Å². The van der Waals surface area contributed by atoms with Crippen molar-refractivity contribution in [2.24, 2.45) is 0 Å². The Bertz CT molecular complexity index is 1020. The van der Waals surface area contributed by atoms with Crippen molar-refractivity contribution in [2.45, 2.75) is 0 Å². The van der Waals surface area contributed by atoms with Gasteiger partial charge in [0.1, 0.15) is 5.82 Å². The predicted octanol–water partition coefficient (Wildman–Crippen LogP) is 3.76. The Morgan fingerprint density at radius 3 is 2.48 bits per heavy atom. The van der Waals surface area contributed by atoms with E-state index in [1.165, 1.54) is 49.8 Å². The number of rotatable bonds is 7. The van der Waals surface area contributed by atoms with Crippen LogP contribution in [0, 0.1) is 5.82 Å². The Balaban J connectivity index is 1.56. The van der Waals surface area contributed by atoms with Crippen molar-refractivity contribution in [3.8, 4) is 22.8 Å². The molecule has 0 spiro atoms. The van der Waals surface area contributed by atoms with Gasteiger partial charge in [0, 0.05) is 10.9 Å². The smallest absolute Gasteiger partial charge is 0.338 e. The number of halogens is 1. The summed E-state index contributed by atoms with van der Waals surface area (Å²) in [6.07, 6.45) is 0. The molecule has 0 aliphatic heterocycles. The third kappa shape index (κ3) is 5.08. The van der Waals surface area contributed by atoms with Crippen molar-refractivity contribution in [3.63, 3.8) is 0 Å². The predicted molar refractivity (Wildman–Crippen MR) is 106 cm³/mol. The highest BCUT2D eigenvalue weighted by molar-refractivity contribution is 7.14. The van der Waals surface area contributed by atoms with Gasteiger partial charge in [0.15, 0.2) is 23.2 Å². The van der Waals surface area contributed by atoms with E-state index in [2.05, 4.69) is 10.3 Å². The standard InChI is InChI=1S/C20H17FN2O5S/c1-26-16-8-5-13(9-17(16)27-2)19(25)28-10-18(24)23-20-22-15(11-29-20)12-3-6-14(21)7-4-12/h3-9,11H,10H2,1-2H3,(H,22,23,24). The van der Waals surface area contributed by atoms with Crippen molar-refractivity contribution in [3.05, 3.63) is 59.2 Å². The molecule has 2 aromatic carbocycles. The maximum absolute atomic E-state index is 13.0. The second-order valence-electron chi connectivity index (χ2n) is 5.74. The molecule has 29 heavy (non-hydrogen) atoms. The average Bonchev–Trinajstić information content (AvgIpc) is 3.20. The summed E-state index contributed by atoms with van der Waals surface area (Å²) < 4.78 is 28.3. The zero-order valence-electron chi connectivity index (χ0n) is 15.6. The Labute approximate surface area is 170 Å². The molecule has 0 fully saturated rings. The normalized spacial score (nSPS) is 10.3. The molecule has 150 valence electrons. The molecule has 3 rings (SSSR count). The number of hydrogen-bond donors (Lipinski definition) is 1. The number of nitrogens with one attached hydrogen (secondary N) is 1. The summed E-state index contributed by atoms with van der Waals surface area (Å²) in [7, 11) is 2.94. The van der Waals surface area contributed by atoms with Gasteiger partial charge in [-0.05, 0) is 42.5 Å². The van der Waals surface area contributed by atoms with Gasteiger partial charge in [-0.1, -0.05) is 0 Å². The molecule has 0 bridgehead atoms. The minimum atomic E-state index is -0.674. The van der Waals surface area contributed by atoms with Crippen LogP contribution in [0.15, 0.2) is 47.8 Å². The number of benzene rings is 2. The first-order chi connectivity index (χ1) is 14.0. The monoisotopic (exact) mass is 416 g/mol. The molecule has 7 nitrogen and oxygen atoms in total. The third-order valence-corrected chi connectivity index (χ3v) is 4.60. The zero-order chi connectivity index (χ0) is 20.8. The van der Waals surface area contributed by atoms with Crippen molar-refractivity contribution in [1.29, 1.82) is 0 Å². The number of aromatic nitrogens is 1. The number of esters is 1. The molecule has 0 aliphatic rings. The number of carbonyl (C=O) groups excluding carboxylic acids is 2. The largest absolute Gasteiger partial charge is 0.493 e. The fourth-order valence-electron chi connectivity index (χ4n) is 2.42. The van der Waals surface area contributed by atoms with Gasteiger partial charge in [0.2, 0.25) is 0 Å². The Morgan fingerprint density at radius 1 is 1.07 bits per heavy atom. The van der Waals surface area contributed by atoms with Gasteiger partial charge in [0.05, 0.1) is 25.5 Å². The molecule has 0 aliphatic carbocycles. The van der Waals surface area contributed by atoms with Crippen LogP contribution in [0.25, 0.3) is 11.3 Å². The topological polar surface area (TPSA) is 86.8 Å². The van der Waals surface area contributed by atoms with Crippen molar-refractivity contribution >= 4 is 28.3 Å². The first-order valence-electron chi connectivity index (χ1n) is 8.40. The lowest BCUT2D eigenvalue weighted by molar-refractivity contribution is -0.119. The number of ether oxygens (including phenoxy) is 3. The minimum Gasteiger partial charge on any atom is -0.493 e.